The summed E-state index contributed by atoms with van der Waals surface area (Å²) in [6.45, 7) is 0. The SMILES string of the molecule is O=C=Nc1c(O)ccc(CCCCCCc2ccc(O)c(N=C=O)c2N=C=O)c1N=C=O. The molecule has 2 N–H and O–H groups in total. The molecular formula is C22H18N4O6. The van der Waals surface area contributed by atoms with Crippen molar-refractivity contribution in [2.45, 2.75) is 38.5 Å². The smallest absolute Gasteiger partial charge is 0.240 e. The number of hydrogen-bond donors (Lipinski definition) is 2. The van der Waals surface area contributed by atoms with Crippen molar-refractivity contribution in [2.24, 2.45) is 20.0 Å². The Labute approximate surface area is 182 Å². The number of phenols is 2. The van der Waals surface area contributed by atoms with E-state index < -0.39 is 0 Å². The van der Waals surface area contributed by atoms with E-state index in [0.29, 0.717) is 24.0 Å². The van der Waals surface area contributed by atoms with Gasteiger partial charge in [0.1, 0.15) is 34.2 Å². The number of carbonyl (C=O) groups excluding carboxylic acids is 4. The van der Waals surface area contributed by atoms with Gasteiger partial charge in [-0.3, -0.25) is 0 Å². The molecule has 2 rings (SSSR count). The molecule has 10 heteroatoms. The molecule has 0 aliphatic carbocycles. The zero-order valence-electron chi connectivity index (χ0n) is 16.9. The van der Waals surface area contributed by atoms with Crippen LogP contribution in [0.4, 0.5) is 22.7 Å². The van der Waals surface area contributed by atoms with E-state index in [9.17, 15) is 29.4 Å². The van der Waals surface area contributed by atoms with Crippen molar-refractivity contribution in [2.75, 3.05) is 0 Å². The van der Waals surface area contributed by atoms with E-state index in [0.717, 1.165) is 25.7 Å². The molecule has 32 heavy (non-hydrogen) atoms. The van der Waals surface area contributed by atoms with Crippen molar-refractivity contribution in [3.63, 3.8) is 0 Å². The Balaban J connectivity index is 2.00. The molecule has 0 fully saturated rings. The third kappa shape index (κ3) is 6.03. The molecule has 0 saturated carbocycles. The Hall–Kier alpha value is -4.44. The minimum absolute atomic E-state index is 0.0899. The highest BCUT2D eigenvalue weighted by Crippen LogP contribution is 2.41. The van der Waals surface area contributed by atoms with Crippen LogP contribution >= 0.6 is 0 Å². The highest BCUT2D eigenvalue weighted by atomic mass is 16.3. The van der Waals surface area contributed by atoms with E-state index in [4.69, 9.17) is 0 Å². The fraction of sp³-hybridized carbons (Fsp3) is 0.273. The van der Waals surface area contributed by atoms with Crippen molar-refractivity contribution in [3.8, 4) is 11.5 Å². The Kier molecular flexibility index (Phi) is 9.16. The van der Waals surface area contributed by atoms with Gasteiger partial charge >= 0.3 is 0 Å². The van der Waals surface area contributed by atoms with Crippen molar-refractivity contribution >= 4 is 47.1 Å². The molecule has 0 heterocycles. The van der Waals surface area contributed by atoms with Crippen molar-refractivity contribution < 1.29 is 29.4 Å². The van der Waals surface area contributed by atoms with E-state index in [-0.39, 0.29) is 34.2 Å². The summed E-state index contributed by atoms with van der Waals surface area (Å²) in [7, 11) is 0. The lowest BCUT2D eigenvalue weighted by molar-refractivity contribution is 0.476. The fourth-order valence-corrected chi connectivity index (χ4v) is 3.26. The van der Waals surface area contributed by atoms with Gasteiger partial charge in [-0.25, -0.2) is 19.2 Å². The number of nitrogens with zero attached hydrogens (tertiary/aromatic N) is 4. The second kappa shape index (κ2) is 12.3. The largest absolute Gasteiger partial charge is 0.506 e. The molecule has 0 aliphatic heterocycles. The molecule has 0 atom stereocenters. The van der Waals surface area contributed by atoms with Crippen LogP contribution in [0.25, 0.3) is 0 Å². The van der Waals surface area contributed by atoms with Gasteiger partial charge in [-0.2, -0.15) is 20.0 Å². The number of unbranched alkanes of at least 4 members (excludes halogenated alkanes) is 3. The second-order valence-corrected chi connectivity index (χ2v) is 6.61. The standard InChI is InChI=1S/C22H18N4O6/c27-11-23-19-15(7-9-17(31)21(19)25-13-29)5-3-1-2-4-6-16-8-10-18(32)22(26-14-30)20(16)24-12-28/h7-10,31-32H,1-6H2. The quantitative estimate of drug-likeness (QED) is 0.304. The molecule has 0 saturated heterocycles. The first-order valence-corrected chi connectivity index (χ1v) is 9.58. The van der Waals surface area contributed by atoms with Crippen LogP contribution in [0.2, 0.25) is 0 Å². The first-order valence-electron chi connectivity index (χ1n) is 9.58. The zero-order valence-corrected chi connectivity index (χ0v) is 16.9. The average Bonchev–Trinajstić information content (AvgIpc) is 2.78. The van der Waals surface area contributed by atoms with Crippen LogP contribution in [0, 0.1) is 0 Å². The Morgan fingerprint density at radius 1 is 0.531 bits per heavy atom. The number of phenolic OH excluding ortho intramolecular Hbond substituents is 2. The van der Waals surface area contributed by atoms with Gasteiger partial charge in [-0.05, 0) is 48.9 Å². The number of isocyanates is 4. The number of aromatic hydroxyl groups is 2. The molecule has 0 aliphatic rings. The normalized spacial score (nSPS) is 9.62. The third-order valence-corrected chi connectivity index (χ3v) is 4.70. The number of benzene rings is 2. The number of aryl methyl sites for hydroxylation is 2. The van der Waals surface area contributed by atoms with Gasteiger partial charge in [-0.15, -0.1) is 0 Å². The van der Waals surface area contributed by atoms with Gasteiger partial charge in [0, 0.05) is 0 Å². The van der Waals surface area contributed by atoms with Crippen LogP contribution in [0.3, 0.4) is 0 Å². The summed E-state index contributed by atoms with van der Waals surface area (Å²) in [5, 5.41) is 19.6. The maximum Gasteiger partial charge on any atom is 0.240 e. The lowest BCUT2D eigenvalue weighted by Crippen LogP contribution is -1.91. The Bertz CT molecular complexity index is 1090. The highest BCUT2D eigenvalue weighted by molar-refractivity contribution is 5.77. The molecule has 2 aromatic rings. The summed E-state index contributed by atoms with van der Waals surface area (Å²) in [6.07, 6.45) is 9.59. The van der Waals surface area contributed by atoms with Crippen molar-refractivity contribution in [1.29, 1.82) is 0 Å². The highest BCUT2D eigenvalue weighted by Gasteiger charge is 2.14. The monoisotopic (exact) mass is 434 g/mol. The molecule has 0 amide bonds. The van der Waals surface area contributed by atoms with E-state index >= 15 is 0 Å². The van der Waals surface area contributed by atoms with Crippen LogP contribution < -0.4 is 0 Å². The van der Waals surface area contributed by atoms with Crippen LogP contribution in [0.15, 0.2) is 44.2 Å². The van der Waals surface area contributed by atoms with E-state index in [2.05, 4.69) is 20.0 Å². The van der Waals surface area contributed by atoms with E-state index in [1.165, 1.54) is 36.5 Å². The van der Waals surface area contributed by atoms with Gasteiger partial charge in [0.15, 0.2) is 0 Å². The lowest BCUT2D eigenvalue weighted by Gasteiger charge is -2.09. The van der Waals surface area contributed by atoms with Gasteiger partial charge in [0.05, 0.1) is 0 Å². The summed E-state index contributed by atoms with van der Waals surface area (Å²) >= 11 is 0. The summed E-state index contributed by atoms with van der Waals surface area (Å²) in [5.74, 6) is -0.570. The minimum Gasteiger partial charge on any atom is -0.506 e. The van der Waals surface area contributed by atoms with Gasteiger partial charge in [-0.1, -0.05) is 25.0 Å². The fourth-order valence-electron chi connectivity index (χ4n) is 3.26. The number of rotatable bonds is 11. The molecule has 0 aromatic heterocycles. The second-order valence-electron chi connectivity index (χ2n) is 6.61. The predicted octanol–water partition coefficient (Wildman–Crippen LogP) is 4.31. The Morgan fingerprint density at radius 2 is 0.875 bits per heavy atom. The molecule has 10 nitrogen and oxygen atoms in total. The van der Waals surface area contributed by atoms with Crippen molar-refractivity contribution in [3.05, 3.63) is 35.4 Å². The third-order valence-electron chi connectivity index (χ3n) is 4.70. The molecule has 0 spiro atoms. The number of hydrogen-bond acceptors (Lipinski definition) is 10. The topological polar surface area (TPSA) is 158 Å². The van der Waals surface area contributed by atoms with Gasteiger partial charge < -0.3 is 10.2 Å². The summed E-state index contributed by atoms with van der Waals surface area (Å²) in [4.78, 5) is 56.5. The maximum absolute atomic E-state index is 10.7. The average molecular weight is 434 g/mol. The summed E-state index contributed by atoms with van der Waals surface area (Å²) in [6, 6.07) is 5.94. The molecule has 0 bridgehead atoms. The molecule has 0 radical (unpaired) electrons. The van der Waals surface area contributed by atoms with E-state index in [1.807, 2.05) is 0 Å². The predicted molar refractivity (Wildman–Crippen MR) is 113 cm³/mol. The number of aliphatic imine (C=N–C) groups is 4. The Morgan fingerprint density at radius 3 is 1.22 bits per heavy atom. The lowest BCUT2D eigenvalue weighted by atomic mass is 10.0. The van der Waals surface area contributed by atoms with Crippen LogP contribution in [0.5, 0.6) is 11.5 Å². The molecule has 2 aromatic carbocycles. The van der Waals surface area contributed by atoms with Crippen LogP contribution in [-0.4, -0.2) is 34.5 Å². The van der Waals surface area contributed by atoms with Crippen molar-refractivity contribution in [1.82, 2.24) is 0 Å². The first kappa shape index (κ1) is 23.8. The molecular weight excluding hydrogens is 416 g/mol. The zero-order chi connectivity index (χ0) is 23.3. The molecule has 0 unspecified atom stereocenters. The molecule has 162 valence electrons. The van der Waals surface area contributed by atoms with E-state index in [1.54, 1.807) is 12.1 Å². The van der Waals surface area contributed by atoms with Gasteiger partial charge in [0.25, 0.3) is 0 Å². The van der Waals surface area contributed by atoms with Gasteiger partial charge in [0.2, 0.25) is 24.3 Å². The maximum atomic E-state index is 10.7. The van der Waals surface area contributed by atoms with Crippen LogP contribution in [-0.2, 0) is 32.0 Å². The minimum atomic E-state index is -0.285. The first-order chi connectivity index (χ1) is 15.6. The summed E-state index contributed by atoms with van der Waals surface area (Å²) < 4.78 is 0. The van der Waals surface area contributed by atoms with Crippen LogP contribution in [0.1, 0.15) is 36.8 Å². The summed E-state index contributed by atoms with van der Waals surface area (Å²) in [5.41, 5.74) is 1.21.